The highest BCUT2D eigenvalue weighted by molar-refractivity contribution is 7.92. The quantitative estimate of drug-likeness (QED) is 0.641. The van der Waals surface area contributed by atoms with Gasteiger partial charge in [-0.25, -0.2) is 18.4 Å². The number of benzene rings is 1. The van der Waals surface area contributed by atoms with Crippen molar-refractivity contribution in [2.45, 2.75) is 36.5 Å². The number of fused-ring (bicyclic) bond motifs is 1. The van der Waals surface area contributed by atoms with Crippen molar-refractivity contribution in [3.05, 3.63) is 60.2 Å². The summed E-state index contributed by atoms with van der Waals surface area (Å²) >= 11 is 0. The van der Waals surface area contributed by atoms with Crippen LogP contribution in [0.5, 0.6) is 0 Å². The largest absolute Gasteiger partial charge is 0.348 e. The van der Waals surface area contributed by atoms with Crippen LogP contribution in [0, 0.1) is 0 Å². The van der Waals surface area contributed by atoms with E-state index < -0.39 is 15.1 Å². The second-order valence-corrected chi connectivity index (χ2v) is 9.78. The van der Waals surface area contributed by atoms with Gasteiger partial charge >= 0.3 is 0 Å². The molecule has 0 atom stereocenters. The van der Waals surface area contributed by atoms with Crippen molar-refractivity contribution in [1.82, 2.24) is 24.6 Å². The summed E-state index contributed by atoms with van der Waals surface area (Å²) in [6.07, 6.45) is 7.31. The van der Waals surface area contributed by atoms with Gasteiger partial charge in [-0.1, -0.05) is 12.1 Å². The number of hydrogen-bond acceptors (Lipinski definition) is 6. The van der Waals surface area contributed by atoms with E-state index in [1.54, 1.807) is 52.2 Å². The van der Waals surface area contributed by atoms with E-state index in [9.17, 15) is 18.0 Å². The summed E-state index contributed by atoms with van der Waals surface area (Å²) in [7, 11) is -3.46. The van der Waals surface area contributed by atoms with Gasteiger partial charge in [-0.05, 0) is 30.5 Å². The molecule has 0 radical (unpaired) electrons. The minimum atomic E-state index is -3.46. The number of sulfone groups is 1. The maximum absolute atomic E-state index is 12.9. The molecule has 1 aliphatic rings. The molecule has 1 N–H and O–H groups in total. The fourth-order valence-corrected chi connectivity index (χ4v) is 5.42. The molecule has 2 amide bonds. The number of amides is 2. The Balaban J connectivity index is 1.37. The van der Waals surface area contributed by atoms with E-state index in [-0.39, 0.29) is 23.3 Å². The third kappa shape index (κ3) is 4.43. The van der Waals surface area contributed by atoms with Gasteiger partial charge in [0.1, 0.15) is 0 Å². The van der Waals surface area contributed by atoms with Gasteiger partial charge in [0.15, 0.2) is 9.84 Å². The smallest absolute Gasteiger partial charge is 0.254 e. The molecule has 1 aliphatic heterocycles. The zero-order chi connectivity index (χ0) is 22.0. The zero-order valence-corrected chi connectivity index (χ0v) is 17.9. The van der Waals surface area contributed by atoms with Gasteiger partial charge in [0, 0.05) is 51.3 Å². The van der Waals surface area contributed by atoms with E-state index in [4.69, 9.17) is 0 Å². The summed E-state index contributed by atoms with van der Waals surface area (Å²) in [5.41, 5.74) is 1.19. The molecule has 2 aromatic heterocycles. The number of rotatable bonds is 5. The van der Waals surface area contributed by atoms with Crippen LogP contribution in [0.15, 0.2) is 53.9 Å². The summed E-state index contributed by atoms with van der Waals surface area (Å²) in [6, 6.07) is 6.56. The average molecular weight is 442 g/mol. The lowest BCUT2D eigenvalue weighted by Crippen LogP contribution is -2.41. The van der Waals surface area contributed by atoms with Crippen LogP contribution in [-0.4, -0.2) is 57.8 Å². The highest BCUT2D eigenvalue weighted by atomic mass is 32.2. The van der Waals surface area contributed by atoms with E-state index in [0.29, 0.717) is 37.3 Å². The highest BCUT2D eigenvalue weighted by Gasteiger charge is 2.31. The zero-order valence-electron chi connectivity index (χ0n) is 17.1. The van der Waals surface area contributed by atoms with Crippen LogP contribution in [-0.2, 0) is 21.2 Å². The molecular weight excluding hydrogens is 418 g/mol. The number of aromatic nitrogens is 3. The molecule has 0 saturated carbocycles. The Morgan fingerprint density at radius 3 is 2.52 bits per heavy atom. The van der Waals surface area contributed by atoms with E-state index >= 15 is 0 Å². The van der Waals surface area contributed by atoms with Crippen LogP contribution in [0.25, 0.3) is 5.78 Å². The molecule has 31 heavy (non-hydrogen) atoms. The molecule has 0 bridgehead atoms. The maximum atomic E-state index is 12.9. The molecule has 10 heteroatoms. The Morgan fingerprint density at radius 1 is 1.13 bits per heavy atom. The lowest BCUT2D eigenvalue weighted by Gasteiger charge is -2.31. The summed E-state index contributed by atoms with van der Waals surface area (Å²) in [4.78, 5) is 33.9. The summed E-state index contributed by atoms with van der Waals surface area (Å²) in [6.45, 7) is 2.68. The number of nitrogens with one attached hydrogen (secondary N) is 1. The monoisotopic (exact) mass is 441 g/mol. The van der Waals surface area contributed by atoms with Gasteiger partial charge in [-0.2, -0.15) is 0 Å². The van der Waals surface area contributed by atoms with Gasteiger partial charge in [-0.15, -0.1) is 0 Å². The third-order valence-corrected chi connectivity index (χ3v) is 7.82. The SMILES string of the molecule is CC(=O)N1CCC(S(=O)(=O)c2ccc(CNC(=O)c3cnc4nccn4c3)cc2)CC1. The molecule has 4 rings (SSSR count). The Kier molecular flexibility index (Phi) is 5.73. The summed E-state index contributed by atoms with van der Waals surface area (Å²) in [5, 5.41) is 2.32. The van der Waals surface area contributed by atoms with Crippen LogP contribution in [0.4, 0.5) is 0 Å². The summed E-state index contributed by atoms with van der Waals surface area (Å²) < 4.78 is 27.5. The van der Waals surface area contributed by atoms with Gasteiger partial charge in [0.25, 0.3) is 5.91 Å². The second kappa shape index (κ2) is 8.46. The van der Waals surface area contributed by atoms with Gasteiger partial charge in [-0.3, -0.25) is 14.0 Å². The third-order valence-electron chi connectivity index (χ3n) is 5.54. The van der Waals surface area contributed by atoms with Crippen molar-refractivity contribution in [2.75, 3.05) is 13.1 Å². The van der Waals surface area contributed by atoms with Gasteiger partial charge in [0.05, 0.1) is 15.7 Å². The van der Waals surface area contributed by atoms with E-state index in [2.05, 4.69) is 15.3 Å². The minimum Gasteiger partial charge on any atom is -0.348 e. The Hall–Kier alpha value is -3.27. The normalized spacial score (nSPS) is 15.2. The molecule has 1 saturated heterocycles. The molecule has 0 unspecified atom stereocenters. The Morgan fingerprint density at radius 2 is 1.84 bits per heavy atom. The van der Waals surface area contributed by atoms with Crippen molar-refractivity contribution in [3.63, 3.8) is 0 Å². The van der Waals surface area contributed by atoms with Crippen LogP contribution in [0.2, 0.25) is 0 Å². The van der Waals surface area contributed by atoms with Crippen molar-refractivity contribution < 1.29 is 18.0 Å². The minimum absolute atomic E-state index is 0.0250. The van der Waals surface area contributed by atoms with Gasteiger partial charge in [0.2, 0.25) is 11.7 Å². The molecule has 3 heterocycles. The topological polar surface area (TPSA) is 114 Å². The first kappa shape index (κ1) is 21.0. The number of piperidine rings is 1. The number of imidazole rings is 1. The fraction of sp³-hybridized carbons (Fsp3) is 0.333. The molecule has 0 aliphatic carbocycles. The Bertz CT molecular complexity index is 1210. The highest BCUT2D eigenvalue weighted by Crippen LogP contribution is 2.25. The number of likely N-dealkylation sites (tertiary alicyclic amines) is 1. The lowest BCUT2D eigenvalue weighted by atomic mass is 10.1. The predicted octanol–water partition coefficient (Wildman–Crippen LogP) is 1.44. The molecule has 162 valence electrons. The molecule has 0 spiro atoms. The van der Waals surface area contributed by atoms with Crippen molar-refractivity contribution in [2.24, 2.45) is 0 Å². The van der Waals surface area contributed by atoms with Crippen LogP contribution in [0.3, 0.4) is 0 Å². The van der Waals surface area contributed by atoms with E-state index in [1.165, 1.54) is 13.1 Å². The Labute approximate surface area is 180 Å². The van der Waals surface area contributed by atoms with Crippen molar-refractivity contribution >= 4 is 27.4 Å². The second-order valence-electron chi connectivity index (χ2n) is 7.55. The van der Waals surface area contributed by atoms with Crippen LogP contribution in [0.1, 0.15) is 35.7 Å². The van der Waals surface area contributed by atoms with Crippen LogP contribution >= 0.6 is 0 Å². The number of carbonyl (C=O) groups is 2. The number of carbonyl (C=O) groups excluding carboxylic acids is 2. The predicted molar refractivity (Wildman–Crippen MR) is 113 cm³/mol. The van der Waals surface area contributed by atoms with Gasteiger partial charge < -0.3 is 10.2 Å². The van der Waals surface area contributed by atoms with Crippen molar-refractivity contribution in [3.8, 4) is 0 Å². The standard InChI is InChI=1S/C21H23N5O4S/c1-15(27)25-9-6-19(7-10-25)31(29,30)18-4-2-16(3-5-18)12-23-20(28)17-13-24-21-22-8-11-26(21)14-17/h2-5,8,11,13-14,19H,6-7,9-10,12H2,1H3,(H,23,28). The number of hydrogen-bond donors (Lipinski definition) is 1. The maximum Gasteiger partial charge on any atom is 0.254 e. The first-order chi connectivity index (χ1) is 14.8. The van der Waals surface area contributed by atoms with Crippen molar-refractivity contribution in [1.29, 1.82) is 0 Å². The molecule has 3 aromatic rings. The van der Waals surface area contributed by atoms with E-state index in [0.717, 1.165) is 5.56 Å². The molecular formula is C21H23N5O4S. The van der Waals surface area contributed by atoms with E-state index in [1.807, 2.05) is 0 Å². The first-order valence-electron chi connectivity index (χ1n) is 10.00. The first-order valence-corrected chi connectivity index (χ1v) is 11.5. The molecule has 1 fully saturated rings. The molecule has 1 aromatic carbocycles. The fourth-order valence-electron chi connectivity index (χ4n) is 3.69. The lowest BCUT2D eigenvalue weighted by molar-refractivity contribution is -0.129. The number of nitrogens with zero attached hydrogens (tertiary/aromatic N) is 4. The summed E-state index contributed by atoms with van der Waals surface area (Å²) in [5.74, 6) is 0.209. The molecule has 9 nitrogen and oxygen atoms in total. The van der Waals surface area contributed by atoms with Crippen LogP contribution < -0.4 is 5.32 Å². The average Bonchev–Trinajstić information content (AvgIpc) is 3.25.